The van der Waals surface area contributed by atoms with Gasteiger partial charge in [0.1, 0.15) is 0 Å². The van der Waals surface area contributed by atoms with E-state index < -0.39 is 0 Å². The molecule has 0 aromatic rings. The summed E-state index contributed by atoms with van der Waals surface area (Å²) < 4.78 is 0. The lowest BCUT2D eigenvalue weighted by Crippen LogP contribution is -2.45. The van der Waals surface area contributed by atoms with E-state index in [0.717, 1.165) is 12.5 Å². The minimum atomic E-state index is 0.258. The van der Waals surface area contributed by atoms with Crippen molar-refractivity contribution in [3.8, 4) is 0 Å². The summed E-state index contributed by atoms with van der Waals surface area (Å²) in [5.41, 5.74) is 0. The predicted molar refractivity (Wildman–Crippen MR) is 74.7 cm³/mol. The number of hydrogen-bond donors (Lipinski definition) is 2. The molecule has 4 heteroatoms. The monoisotopic (exact) mass is 255 g/mol. The number of aliphatic hydroxyl groups is 1. The molecule has 4 nitrogen and oxygen atoms in total. The molecule has 0 spiro atoms. The van der Waals surface area contributed by atoms with Crippen LogP contribution in [0.25, 0.3) is 0 Å². The zero-order valence-corrected chi connectivity index (χ0v) is 11.9. The molecule has 1 aliphatic heterocycles. The fourth-order valence-corrected chi connectivity index (χ4v) is 2.88. The number of rotatable bonds is 7. The Morgan fingerprint density at radius 3 is 2.50 bits per heavy atom. The van der Waals surface area contributed by atoms with Gasteiger partial charge in [-0.2, -0.15) is 0 Å². The van der Waals surface area contributed by atoms with E-state index in [-0.39, 0.29) is 12.6 Å². The SMILES string of the molecule is CN1CCC(CN(C)CC(CO)NC2CC2)CC1. The molecule has 0 amide bonds. The number of likely N-dealkylation sites (N-methyl/N-ethyl adjacent to an activating group) is 1. The van der Waals surface area contributed by atoms with Crippen LogP contribution in [0.1, 0.15) is 25.7 Å². The summed E-state index contributed by atoms with van der Waals surface area (Å²) in [6.45, 7) is 4.88. The maximum Gasteiger partial charge on any atom is 0.0597 e. The topological polar surface area (TPSA) is 38.7 Å². The zero-order valence-electron chi connectivity index (χ0n) is 11.9. The second-order valence-electron chi connectivity index (χ2n) is 6.29. The fraction of sp³-hybridized carbons (Fsp3) is 1.00. The van der Waals surface area contributed by atoms with Crippen LogP contribution in [0, 0.1) is 5.92 Å². The second kappa shape index (κ2) is 6.85. The summed E-state index contributed by atoms with van der Waals surface area (Å²) in [6.07, 6.45) is 5.21. The Kier molecular flexibility index (Phi) is 5.42. The van der Waals surface area contributed by atoms with Crippen LogP contribution in [0.2, 0.25) is 0 Å². The molecule has 0 aromatic carbocycles. The van der Waals surface area contributed by atoms with E-state index in [4.69, 9.17) is 0 Å². The van der Waals surface area contributed by atoms with Crippen LogP contribution >= 0.6 is 0 Å². The van der Waals surface area contributed by atoms with Gasteiger partial charge >= 0.3 is 0 Å². The summed E-state index contributed by atoms with van der Waals surface area (Å²) >= 11 is 0. The van der Waals surface area contributed by atoms with Crippen molar-refractivity contribution in [1.29, 1.82) is 0 Å². The first-order valence-electron chi connectivity index (χ1n) is 7.41. The standard InChI is InChI=1S/C14H29N3O/c1-16-7-5-12(6-8-16)9-17(2)10-14(11-18)15-13-3-4-13/h12-15,18H,3-11H2,1-2H3. The Morgan fingerprint density at radius 2 is 1.94 bits per heavy atom. The van der Waals surface area contributed by atoms with Crippen molar-refractivity contribution in [2.75, 3.05) is 46.9 Å². The van der Waals surface area contributed by atoms with Crippen LogP contribution in [-0.2, 0) is 0 Å². The molecule has 1 heterocycles. The number of aliphatic hydroxyl groups excluding tert-OH is 1. The molecule has 2 rings (SSSR count). The van der Waals surface area contributed by atoms with Crippen molar-refractivity contribution in [1.82, 2.24) is 15.1 Å². The first-order chi connectivity index (χ1) is 8.67. The molecule has 2 fully saturated rings. The number of nitrogens with one attached hydrogen (secondary N) is 1. The van der Waals surface area contributed by atoms with Crippen LogP contribution in [0.3, 0.4) is 0 Å². The number of hydrogen-bond acceptors (Lipinski definition) is 4. The van der Waals surface area contributed by atoms with Gasteiger partial charge in [-0.1, -0.05) is 0 Å². The third kappa shape index (κ3) is 4.84. The van der Waals surface area contributed by atoms with Gasteiger partial charge in [-0.15, -0.1) is 0 Å². The average molecular weight is 255 g/mol. The molecule has 0 aromatic heterocycles. The van der Waals surface area contributed by atoms with Gasteiger partial charge in [-0.25, -0.2) is 0 Å². The van der Waals surface area contributed by atoms with Crippen LogP contribution in [0.4, 0.5) is 0 Å². The average Bonchev–Trinajstić information content (AvgIpc) is 3.15. The van der Waals surface area contributed by atoms with Gasteiger partial charge in [0.15, 0.2) is 0 Å². The van der Waals surface area contributed by atoms with Crippen molar-refractivity contribution in [2.45, 2.75) is 37.8 Å². The number of piperidine rings is 1. The highest BCUT2D eigenvalue weighted by Crippen LogP contribution is 2.20. The van der Waals surface area contributed by atoms with Crippen molar-refractivity contribution >= 4 is 0 Å². The molecule has 0 radical (unpaired) electrons. The van der Waals surface area contributed by atoms with E-state index >= 15 is 0 Å². The summed E-state index contributed by atoms with van der Waals surface area (Å²) in [7, 11) is 4.40. The minimum absolute atomic E-state index is 0.258. The summed E-state index contributed by atoms with van der Waals surface area (Å²) in [6, 6.07) is 0.938. The number of nitrogens with zero attached hydrogens (tertiary/aromatic N) is 2. The molecule has 1 aliphatic carbocycles. The Morgan fingerprint density at radius 1 is 1.28 bits per heavy atom. The van der Waals surface area contributed by atoms with E-state index in [1.807, 2.05) is 0 Å². The summed E-state index contributed by atoms with van der Waals surface area (Å²) in [5.74, 6) is 0.839. The summed E-state index contributed by atoms with van der Waals surface area (Å²) in [5, 5.41) is 12.9. The van der Waals surface area contributed by atoms with E-state index in [9.17, 15) is 5.11 Å². The first kappa shape index (κ1) is 14.3. The van der Waals surface area contributed by atoms with Gasteiger partial charge in [0, 0.05) is 25.2 Å². The molecule has 0 bridgehead atoms. The van der Waals surface area contributed by atoms with Crippen molar-refractivity contribution < 1.29 is 5.11 Å². The van der Waals surface area contributed by atoms with E-state index in [2.05, 4.69) is 29.2 Å². The van der Waals surface area contributed by atoms with E-state index in [1.54, 1.807) is 0 Å². The Bertz CT molecular complexity index is 237. The third-order valence-electron chi connectivity index (χ3n) is 4.21. The third-order valence-corrected chi connectivity index (χ3v) is 4.21. The molecular weight excluding hydrogens is 226 g/mol. The van der Waals surface area contributed by atoms with Gasteiger partial charge < -0.3 is 20.2 Å². The van der Waals surface area contributed by atoms with Gasteiger partial charge in [-0.05, 0) is 58.8 Å². The smallest absolute Gasteiger partial charge is 0.0597 e. The lowest BCUT2D eigenvalue weighted by molar-refractivity contribution is 0.152. The zero-order chi connectivity index (χ0) is 13.0. The Hall–Kier alpha value is -0.160. The molecule has 106 valence electrons. The normalized spacial score (nSPS) is 24.7. The van der Waals surface area contributed by atoms with Crippen LogP contribution in [0.5, 0.6) is 0 Å². The van der Waals surface area contributed by atoms with Gasteiger partial charge in [-0.3, -0.25) is 0 Å². The summed E-state index contributed by atoms with van der Waals surface area (Å²) in [4.78, 5) is 4.81. The highest BCUT2D eigenvalue weighted by atomic mass is 16.3. The maximum atomic E-state index is 9.40. The molecule has 2 N–H and O–H groups in total. The lowest BCUT2D eigenvalue weighted by atomic mass is 9.96. The quantitative estimate of drug-likeness (QED) is 0.689. The highest BCUT2D eigenvalue weighted by Gasteiger charge is 2.25. The highest BCUT2D eigenvalue weighted by molar-refractivity contribution is 4.86. The van der Waals surface area contributed by atoms with E-state index in [1.165, 1.54) is 45.3 Å². The lowest BCUT2D eigenvalue weighted by Gasteiger charge is -2.32. The van der Waals surface area contributed by atoms with Gasteiger partial charge in [0.2, 0.25) is 0 Å². The largest absolute Gasteiger partial charge is 0.395 e. The second-order valence-corrected chi connectivity index (χ2v) is 6.29. The van der Waals surface area contributed by atoms with Crippen LogP contribution in [-0.4, -0.2) is 73.9 Å². The fourth-order valence-electron chi connectivity index (χ4n) is 2.88. The van der Waals surface area contributed by atoms with Gasteiger partial charge in [0.05, 0.1) is 6.61 Å². The van der Waals surface area contributed by atoms with E-state index in [0.29, 0.717) is 6.04 Å². The molecular formula is C14H29N3O. The Labute approximate surface area is 111 Å². The molecule has 1 unspecified atom stereocenters. The van der Waals surface area contributed by atoms with Crippen molar-refractivity contribution in [3.05, 3.63) is 0 Å². The van der Waals surface area contributed by atoms with Crippen LogP contribution in [0.15, 0.2) is 0 Å². The molecule has 18 heavy (non-hydrogen) atoms. The minimum Gasteiger partial charge on any atom is -0.395 e. The van der Waals surface area contributed by atoms with Crippen molar-refractivity contribution in [3.63, 3.8) is 0 Å². The molecule has 2 aliphatic rings. The predicted octanol–water partition coefficient (Wildman–Crippen LogP) is 0.373. The molecule has 1 atom stereocenters. The molecule has 1 saturated heterocycles. The first-order valence-corrected chi connectivity index (χ1v) is 7.41. The van der Waals surface area contributed by atoms with Gasteiger partial charge in [0.25, 0.3) is 0 Å². The number of likely N-dealkylation sites (tertiary alicyclic amines) is 1. The molecule has 1 saturated carbocycles. The van der Waals surface area contributed by atoms with Crippen molar-refractivity contribution in [2.24, 2.45) is 5.92 Å². The maximum absolute atomic E-state index is 9.40. The Balaban J connectivity index is 1.64. The van der Waals surface area contributed by atoms with Crippen LogP contribution < -0.4 is 5.32 Å².